The molecule has 0 aliphatic carbocycles. The van der Waals surface area contributed by atoms with Gasteiger partial charge < -0.3 is 9.72 Å². The molecule has 15 heteroatoms. The highest BCUT2D eigenvalue weighted by molar-refractivity contribution is 8.23. The van der Waals surface area contributed by atoms with Gasteiger partial charge in [-0.1, -0.05) is 48.5 Å². The third-order valence-electron chi connectivity index (χ3n) is 7.37. The van der Waals surface area contributed by atoms with E-state index in [1.54, 1.807) is 54.6 Å². The number of alkyl halides is 3. The van der Waals surface area contributed by atoms with Crippen molar-refractivity contribution in [2.75, 3.05) is 0 Å². The molecular weight excluding hydrogens is 645 g/mol. The zero-order chi connectivity index (χ0) is 32.7. The van der Waals surface area contributed by atoms with Crippen LogP contribution in [-0.2, 0) is 27.4 Å². The standard InChI is InChI=1S/C31H27F3N4O6S2/c32-31(33,34)21-13-14-25-26(16-21)36-30(35-25)27(15-19-9-11-20(12-10-19)28-18-29(39)38-46(28,42)43)37-45(40,41)24-8-4-7-23(17-24)44-22-5-2-1-3-6-22/h1-14,16-17,27-28,37,42-43H,15,18H2,(H,35,36)(H,38,39)/t27-,28?/m0/s1. The maximum Gasteiger partial charge on any atom is 0.416 e. The van der Waals surface area contributed by atoms with Crippen LogP contribution in [0, 0.1) is 0 Å². The van der Waals surface area contributed by atoms with Crippen LogP contribution >= 0.6 is 10.8 Å². The minimum atomic E-state index is -4.59. The molecule has 0 radical (unpaired) electrons. The fraction of sp³-hybridized carbons (Fsp3) is 0.161. The van der Waals surface area contributed by atoms with Crippen molar-refractivity contribution in [2.24, 2.45) is 0 Å². The van der Waals surface area contributed by atoms with Gasteiger partial charge >= 0.3 is 6.18 Å². The number of hydrogen-bond acceptors (Lipinski definition) is 7. The van der Waals surface area contributed by atoms with E-state index in [9.17, 15) is 35.5 Å². The summed E-state index contributed by atoms with van der Waals surface area (Å²) in [6.45, 7) is 0. The number of para-hydroxylation sites is 1. The molecule has 2 atom stereocenters. The first kappa shape index (κ1) is 31.6. The number of rotatable bonds is 9. The lowest BCUT2D eigenvalue weighted by atomic mass is 10.0. The van der Waals surface area contributed by atoms with Gasteiger partial charge in [0.1, 0.15) is 22.6 Å². The Labute approximate surface area is 263 Å². The van der Waals surface area contributed by atoms with Crippen LogP contribution < -0.4 is 14.2 Å². The SMILES string of the molecule is O=C1CC(c2ccc(C[C@H](NS(=O)(=O)c3cccc(Oc4ccccc4)c3)c3nc4ccc(C(F)(F)F)cc4[nH]3)cc2)S(O)(O)N1. The summed E-state index contributed by atoms with van der Waals surface area (Å²) in [5, 5.41) is -0.841. The topological polar surface area (TPSA) is 154 Å². The monoisotopic (exact) mass is 672 g/mol. The zero-order valence-electron chi connectivity index (χ0n) is 23.7. The minimum Gasteiger partial charge on any atom is -0.457 e. The van der Waals surface area contributed by atoms with E-state index >= 15 is 0 Å². The lowest BCUT2D eigenvalue weighted by Crippen LogP contribution is -2.31. The van der Waals surface area contributed by atoms with Gasteiger partial charge in [-0.25, -0.2) is 18.1 Å². The molecule has 0 saturated carbocycles. The molecule has 1 aliphatic rings. The first-order valence-electron chi connectivity index (χ1n) is 13.9. The number of amides is 1. The van der Waals surface area contributed by atoms with Gasteiger partial charge in [0.05, 0.1) is 34.0 Å². The highest BCUT2D eigenvalue weighted by Crippen LogP contribution is 2.56. The number of aromatic amines is 1. The number of nitrogens with zero attached hydrogens (tertiary/aromatic N) is 1. The van der Waals surface area contributed by atoms with E-state index in [2.05, 4.69) is 19.4 Å². The Morgan fingerprint density at radius 3 is 2.35 bits per heavy atom. The van der Waals surface area contributed by atoms with Crippen molar-refractivity contribution >= 4 is 37.7 Å². The number of aromatic nitrogens is 2. The molecule has 5 aromatic rings. The number of carbonyl (C=O) groups is 1. The third kappa shape index (κ3) is 6.88. The minimum absolute atomic E-state index is 0.0176. The smallest absolute Gasteiger partial charge is 0.416 e. The summed E-state index contributed by atoms with van der Waals surface area (Å²) in [7, 11) is -7.60. The average molecular weight is 673 g/mol. The second kappa shape index (κ2) is 12.1. The maximum atomic E-state index is 13.7. The van der Waals surface area contributed by atoms with Crippen molar-refractivity contribution in [3.05, 3.63) is 120 Å². The molecule has 10 nitrogen and oxygen atoms in total. The number of sulfonamides is 1. The summed E-state index contributed by atoms with van der Waals surface area (Å²) in [5.41, 5.74) is 0.500. The van der Waals surface area contributed by atoms with Crippen molar-refractivity contribution < 1.29 is 40.2 Å². The van der Waals surface area contributed by atoms with Gasteiger partial charge in [0, 0.05) is 6.07 Å². The Morgan fingerprint density at radius 2 is 1.67 bits per heavy atom. The summed E-state index contributed by atoms with van der Waals surface area (Å²) in [4.78, 5) is 18.9. The first-order chi connectivity index (χ1) is 21.8. The summed E-state index contributed by atoms with van der Waals surface area (Å²) in [5.74, 6) is 0.375. The molecular formula is C31H27F3N4O6S2. The van der Waals surface area contributed by atoms with Crippen LogP contribution in [0.15, 0.2) is 102 Å². The largest absolute Gasteiger partial charge is 0.457 e. The van der Waals surface area contributed by atoms with Gasteiger partial charge in [0.25, 0.3) is 0 Å². The van der Waals surface area contributed by atoms with Gasteiger partial charge in [0.15, 0.2) is 0 Å². The normalized spacial score (nSPS) is 17.8. The van der Waals surface area contributed by atoms with Gasteiger partial charge in [-0.2, -0.15) is 13.2 Å². The zero-order valence-corrected chi connectivity index (χ0v) is 25.4. The Bertz CT molecular complexity index is 2000. The van der Waals surface area contributed by atoms with E-state index in [1.807, 2.05) is 6.07 Å². The van der Waals surface area contributed by atoms with Crippen LogP contribution in [0.3, 0.4) is 0 Å². The van der Waals surface area contributed by atoms with Crippen molar-refractivity contribution in [1.29, 1.82) is 0 Å². The fourth-order valence-electron chi connectivity index (χ4n) is 5.13. The molecule has 1 unspecified atom stereocenters. The van der Waals surface area contributed by atoms with Gasteiger partial charge in [-0.05, 0) is 60.0 Å². The summed E-state index contributed by atoms with van der Waals surface area (Å²) >= 11 is 0. The lowest BCUT2D eigenvalue weighted by molar-refractivity contribution is -0.137. The molecule has 4 aromatic carbocycles. The summed E-state index contributed by atoms with van der Waals surface area (Å²) < 4.78 is 98.6. The molecule has 0 bridgehead atoms. The van der Waals surface area contributed by atoms with Crippen molar-refractivity contribution in [3.8, 4) is 11.5 Å². The summed E-state index contributed by atoms with van der Waals surface area (Å²) in [6.07, 6.45) is -4.67. The van der Waals surface area contributed by atoms with Crippen LogP contribution in [0.5, 0.6) is 11.5 Å². The van der Waals surface area contributed by atoms with Crippen LogP contribution in [0.25, 0.3) is 11.0 Å². The van der Waals surface area contributed by atoms with Crippen LogP contribution in [0.4, 0.5) is 13.2 Å². The predicted octanol–water partition coefficient (Wildman–Crippen LogP) is 6.86. The van der Waals surface area contributed by atoms with Crippen molar-refractivity contribution in [2.45, 2.75) is 35.2 Å². The second-order valence-electron chi connectivity index (χ2n) is 10.7. The Kier molecular flexibility index (Phi) is 8.29. The number of H-pyrrole nitrogens is 1. The second-order valence-corrected chi connectivity index (χ2v) is 14.3. The maximum absolute atomic E-state index is 13.7. The van der Waals surface area contributed by atoms with E-state index < -0.39 is 49.7 Å². The van der Waals surface area contributed by atoms with Crippen molar-refractivity contribution in [3.63, 3.8) is 0 Å². The highest BCUT2D eigenvalue weighted by atomic mass is 32.3. The predicted molar refractivity (Wildman–Crippen MR) is 166 cm³/mol. The van der Waals surface area contributed by atoms with Gasteiger partial charge in [-0.3, -0.25) is 18.6 Å². The van der Waals surface area contributed by atoms with E-state index in [4.69, 9.17) is 4.74 Å². The molecule has 0 spiro atoms. The van der Waals surface area contributed by atoms with Crippen LogP contribution in [0.2, 0.25) is 0 Å². The first-order valence-corrected chi connectivity index (χ1v) is 16.9. The molecule has 1 aromatic heterocycles. The number of fused-ring (bicyclic) bond motifs is 1. The molecule has 6 rings (SSSR count). The number of benzene rings is 4. The average Bonchev–Trinajstić information content (AvgIpc) is 3.56. The number of nitrogens with one attached hydrogen (secondary N) is 3. The summed E-state index contributed by atoms with van der Waals surface area (Å²) in [6, 6.07) is 23.1. The molecule has 1 aliphatic heterocycles. The number of ether oxygens (including phenoxy) is 1. The molecule has 46 heavy (non-hydrogen) atoms. The van der Waals surface area contributed by atoms with E-state index in [1.165, 1.54) is 24.3 Å². The lowest BCUT2D eigenvalue weighted by Gasteiger charge is -2.32. The molecule has 240 valence electrons. The van der Waals surface area contributed by atoms with E-state index in [0.717, 1.165) is 12.1 Å². The number of carbonyl (C=O) groups excluding carboxylic acids is 1. The van der Waals surface area contributed by atoms with Gasteiger partial charge in [-0.15, -0.1) is 10.8 Å². The quantitative estimate of drug-likeness (QED) is 0.115. The van der Waals surface area contributed by atoms with Gasteiger partial charge in [0.2, 0.25) is 15.9 Å². The molecule has 2 heterocycles. The molecule has 5 N–H and O–H groups in total. The number of halogens is 3. The highest BCUT2D eigenvalue weighted by Gasteiger charge is 2.38. The molecule has 1 fully saturated rings. The van der Waals surface area contributed by atoms with Crippen LogP contribution in [0.1, 0.15) is 40.2 Å². The van der Waals surface area contributed by atoms with Crippen molar-refractivity contribution in [1.82, 2.24) is 19.4 Å². The van der Waals surface area contributed by atoms with Crippen LogP contribution in [-0.4, -0.2) is 33.4 Å². The Balaban J connectivity index is 1.32. The Morgan fingerprint density at radius 1 is 0.957 bits per heavy atom. The van der Waals surface area contributed by atoms with E-state index in [-0.39, 0.29) is 40.3 Å². The van der Waals surface area contributed by atoms with E-state index in [0.29, 0.717) is 16.9 Å². The number of imidazole rings is 1. The Hall–Kier alpha value is -4.41. The fourth-order valence-corrected chi connectivity index (χ4v) is 7.84. The molecule has 1 saturated heterocycles. The molecule has 1 amide bonds. The number of hydrogen-bond donors (Lipinski definition) is 5. The third-order valence-corrected chi connectivity index (χ3v) is 10.6.